The fraction of sp³-hybridized carbons (Fsp3) is 0.182. The van der Waals surface area contributed by atoms with Crippen molar-refractivity contribution < 1.29 is 18.7 Å². The fourth-order valence-corrected chi connectivity index (χ4v) is 2.56. The van der Waals surface area contributed by atoms with Gasteiger partial charge >= 0.3 is 6.03 Å². The number of hydrogen-bond acceptors (Lipinski definition) is 4. The van der Waals surface area contributed by atoms with Crippen LogP contribution < -0.4 is 20.7 Å². The molecular formula is C22H23N3O4. The Kier molecular flexibility index (Phi) is 6.89. The molecule has 3 N–H and O–H groups in total. The second kappa shape index (κ2) is 9.98. The SMILES string of the molecule is CCc1ccc(OCC(=O)Nc2ccc(NC(=O)NCc3ccco3)cc2)cc1. The molecule has 7 heteroatoms. The van der Waals surface area contributed by atoms with Crippen molar-refractivity contribution in [3.8, 4) is 5.75 Å². The van der Waals surface area contributed by atoms with Gasteiger partial charge in [0.25, 0.3) is 5.91 Å². The number of nitrogens with one attached hydrogen (secondary N) is 3. The Labute approximate surface area is 169 Å². The van der Waals surface area contributed by atoms with Crippen LogP contribution in [0, 0.1) is 0 Å². The number of carbonyl (C=O) groups is 2. The van der Waals surface area contributed by atoms with Gasteiger partial charge in [0, 0.05) is 11.4 Å². The molecule has 0 atom stereocenters. The monoisotopic (exact) mass is 393 g/mol. The summed E-state index contributed by atoms with van der Waals surface area (Å²) in [7, 11) is 0. The minimum absolute atomic E-state index is 0.0827. The zero-order valence-electron chi connectivity index (χ0n) is 16.1. The number of amides is 3. The zero-order valence-corrected chi connectivity index (χ0v) is 16.1. The van der Waals surface area contributed by atoms with Crippen LogP contribution in [0.5, 0.6) is 5.75 Å². The second-order valence-electron chi connectivity index (χ2n) is 6.30. The van der Waals surface area contributed by atoms with E-state index in [1.165, 1.54) is 5.56 Å². The smallest absolute Gasteiger partial charge is 0.319 e. The summed E-state index contributed by atoms with van der Waals surface area (Å²) in [5.74, 6) is 1.06. The maximum atomic E-state index is 12.0. The van der Waals surface area contributed by atoms with Crippen LogP contribution in [-0.4, -0.2) is 18.5 Å². The summed E-state index contributed by atoms with van der Waals surface area (Å²) in [4.78, 5) is 23.9. The summed E-state index contributed by atoms with van der Waals surface area (Å²) < 4.78 is 10.6. The molecule has 0 saturated heterocycles. The first-order valence-corrected chi connectivity index (χ1v) is 9.31. The lowest BCUT2D eigenvalue weighted by molar-refractivity contribution is -0.118. The number of ether oxygens (including phenoxy) is 1. The molecule has 7 nitrogen and oxygen atoms in total. The number of rotatable bonds is 8. The van der Waals surface area contributed by atoms with Gasteiger partial charge in [0.05, 0.1) is 12.8 Å². The first kappa shape index (κ1) is 20.0. The molecule has 0 aliphatic carbocycles. The molecule has 0 bridgehead atoms. The van der Waals surface area contributed by atoms with Crippen molar-refractivity contribution >= 4 is 23.3 Å². The van der Waals surface area contributed by atoms with Gasteiger partial charge < -0.3 is 25.1 Å². The first-order chi connectivity index (χ1) is 14.1. The highest BCUT2D eigenvalue weighted by Gasteiger charge is 2.06. The van der Waals surface area contributed by atoms with Gasteiger partial charge in [0.1, 0.15) is 11.5 Å². The van der Waals surface area contributed by atoms with E-state index in [-0.39, 0.29) is 18.5 Å². The van der Waals surface area contributed by atoms with E-state index >= 15 is 0 Å². The number of carbonyl (C=O) groups excluding carboxylic acids is 2. The molecule has 0 saturated carbocycles. The van der Waals surface area contributed by atoms with Crippen molar-refractivity contribution in [2.24, 2.45) is 0 Å². The Morgan fingerprint density at radius 2 is 1.62 bits per heavy atom. The molecule has 0 aliphatic rings. The molecule has 3 rings (SSSR count). The van der Waals surface area contributed by atoms with Crippen molar-refractivity contribution in [3.63, 3.8) is 0 Å². The summed E-state index contributed by atoms with van der Waals surface area (Å²) in [6, 6.07) is 17.7. The fourth-order valence-electron chi connectivity index (χ4n) is 2.56. The third-order valence-electron chi connectivity index (χ3n) is 4.13. The van der Waals surface area contributed by atoms with E-state index in [4.69, 9.17) is 9.15 Å². The van der Waals surface area contributed by atoms with Gasteiger partial charge in [-0.2, -0.15) is 0 Å². The van der Waals surface area contributed by atoms with E-state index in [1.54, 1.807) is 42.7 Å². The Morgan fingerprint density at radius 3 is 2.24 bits per heavy atom. The Morgan fingerprint density at radius 1 is 0.931 bits per heavy atom. The number of furan rings is 1. The molecule has 150 valence electrons. The second-order valence-corrected chi connectivity index (χ2v) is 6.30. The van der Waals surface area contributed by atoms with E-state index < -0.39 is 0 Å². The van der Waals surface area contributed by atoms with E-state index in [1.807, 2.05) is 24.3 Å². The molecule has 1 aromatic heterocycles. The van der Waals surface area contributed by atoms with Gasteiger partial charge in [-0.3, -0.25) is 4.79 Å². The molecule has 3 amide bonds. The molecule has 0 spiro atoms. The molecular weight excluding hydrogens is 370 g/mol. The molecule has 0 aliphatic heterocycles. The molecule has 1 heterocycles. The minimum atomic E-state index is -0.347. The molecule has 3 aromatic rings. The number of aryl methyl sites for hydroxylation is 1. The summed E-state index contributed by atoms with van der Waals surface area (Å²) in [6.45, 7) is 2.30. The van der Waals surface area contributed by atoms with Crippen molar-refractivity contribution in [2.75, 3.05) is 17.2 Å². The molecule has 29 heavy (non-hydrogen) atoms. The third kappa shape index (κ3) is 6.42. The topological polar surface area (TPSA) is 92.6 Å². The van der Waals surface area contributed by atoms with Crippen LogP contribution in [-0.2, 0) is 17.8 Å². The van der Waals surface area contributed by atoms with Gasteiger partial charge in [0.2, 0.25) is 0 Å². The average Bonchev–Trinajstić information content (AvgIpc) is 3.26. The highest BCUT2D eigenvalue weighted by molar-refractivity contribution is 5.93. The minimum Gasteiger partial charge on any atom is -0.484 e. The van der Waals surface area contributed by atoms with Crippen molar-refractivity contribution in [3.05, 3.63) is 78.3 Å². The summed E-state index contributed by atoms with van der Waals surface area (Å²) >= 11 is 0. The van der Waals surface area contributed by atoms with Gasteiger partial charge in [-0.05, 0) is 60.5 Å². The van der Waals surface area contributed by atoms with Gasteiger partial charge in [-0.1, -0.05) is 19.1 Å². The van der Waals surface area contributed by atoms with E-state index in [0.717, 1.165) is 6.42 Å². The number of benzene rings is 2. The Balaban J connectivity index is 1.41. The molecule has 0 radical (unpaired) electrons. The predicted molar refractivity (Wildman–Crippen MR) is 111 cm³/mol. The van der Waals surface area contributed by atoms with Crippen molar-refractivity contribution in [1.82, 2.24) is 5.32 Å². The standard InChI is InChI=1S/C22H23N3O4/c1-2-16-5-11-19(12-6-16)29-15-21(26)24-17-7-9-18(10-8-17)25-22(27)23-14-20-4-3-13-28-20/h3-13H,2,14-15H2,1H3,(H,24,26)(H2,23,25,27). The summed E-state index contributed by atoms with van der Waals surface area (Å²) in [5, 5.41) is 8.16. The molecule has 2 aromatic carbocycles. The summed E-state index contributed by atoms with van der Waals surface area (Å²) in [5.41, 5.74) is 2.43. The predicted octanol–water partition coefficient (Wildman–Crippen LogP) is 4.18. The first-order valence-electron chi connectivity index (χ1n) is 9.31. The Hall–Kier alpha value is -3.74. The van der Waals surface area contributed by atoms with Gasteiger partial charge in [-0.15, -0.1) is 0 Å². The van der Waals surface area contributed by atoms with Gasteiger partial charge in [-0.25, -0.2) is 4.79 Å². The maximum Gasteiger partial charge on any atom is 0.319 e. The van der Waals surface area contributed by atoms with E-state index in [9.17, 15) is 9.59 Å². The number of hydrogen-bond donors (Lipinski definition) is 3. The lowest BCUT2D eigenvalue weighted by Crippen LogP contribution is -2.28. The van der Waals surface area contributed by atoms with Crippen LogP contribution in [0.4, 0.5) is 16.2 Å². The third-order valence-corrected chi connectivity index (χ3v) is 4.13. The van der Waals surface area contributed by atoms with Crippen LogP contribution >= 0.6 is 0 Å². The quantitative estimate of drug-likeness (QED) is 0.535. The molecule has 0 fully saturated rings. The number of anilines is 2. The van der Waals surface area contributed by atoms with Crippen LogP contribution in [0.2, 0.25) is 0 Å². The lowest BCUT2D eigenvalue weighted by Gasteiger charge is -2.10. The van der Waals surface area contributed by atoms with Crippen LogP contribution in [0.1, 0.15) is 18.2 Å². The lowest BCUT2D eigenvalue weighted by atomic mass is 10.2. The van der Waals surface area contributed by atoms with Crippen LogP contribution in [0.3, 0.4) is 0 Å². The van der Waals surface area contributed by atoms with Gasteiger partial charge in [0.15, 0.2) is 6.61 Å². The van der Waals surface area contributed by atoms with Crippen LogP contribution in [0.25, 0.3) is 0 Å². The highest BCUT2D eigenvalue weighted by atomic mass is 16.5. The Bertz CT molecular complexity index is 920. The van der Waals surface area contributed by atoms with Crippen molar-refractivity contribution in [1.29, 1.82) is 0 Å². The highest BCUT2D eigenvalue weighted by Crippen LogP contribution is 2.15. The number of urea groups is 1. The van der Waals surface area contributed by atoms with Crippen molar-refractivity contribution in [2.45, 2.75) is 19.9 Å². The van der Waals surface area contributed by atoms with Crippen LogP contribution in [0.15, 0.2) is 71.3 Å². The summed E-state index contributed by atoms with van der Waals surface area (Å²) in [6.07, 6.45) is 2.51. The zero-order chi connectivity index (χ0) is 20.5. The van der Waals surface area contributed by atoms with E-state index in [0.29, 0.717) is 29.4 Å². The normalized spacial score (nSPS) is 10.2. The maximum absolute atomic E-state index is 12.0. The largest absolute Gasteiger partial charge is 0.484 e. The van der Waals surface area contributed by atoms with E-state index in [2.05, 4.69) is 22.9 Å². The molecule has 0 unspecified atom stereocenters. The average molecular weight is 393 g/mol.